The summed E-state index contributed by atoms with van der Waals surface area (Å²) in [6.07, 6.45) is 3.44. The first-order chi connectivity index (χ1) is 11.4. The first-order valence-electron chi connectivity index (χ1n) is 7.23. The predicted molar refractivity (Wildman–Crippen MR) is 84.0 cm³/mol. The van der Waals surface area contributed by atoms with Gasteiger partial charge >= 0.3 is 5.97 Å². The number of carbonyl (C=O) groups excluding carboxylic acids is 1. The minimum Gasteiger partial charge on any atom is -0.480 e. The Hall–Kier alpha value is -3.23. The van der Waals surface area contributed by atoms with Gasteiger partial charge in [-0.2, -0.15) is 5.10 Å². The lowest BCUT2D eigenvalue weighted by atomic mass is 10.2. The van der Waals surface area contributed by atoms with Gasteiger partial charge in [0.1, 0.15) is 6.54 Å². The summed E-state index contributed by atoms with van der Waals surface area (Å²) < 4.78 is 1.40. The van der Waals surface area contributed by atoms with Crippen molar-refractivity contribution in [3.8, 4) is 5.69 Å². The zero-order valence-electron chi connectivity index (χ0n) is 13.0. The van der Waals surface area contributed by atoms with Crippen LogP contribution in [0.2, 0.25) is 0 Å². The number of nitro groups is 1. The number of aliphatic carboxylic acids is 1. The van der Waals surface area contributed by atoms with Crippen LogP contribution in [0.3, 0.4) is 0 Å². The number of nitro benzene ring substituents is 1. The molecule has 0 spiro atoms. The Morgan fingerprint density at radius 3 is 2.54 bits per heavy atom. The van der Waals surface area contributed by atoms with Crippen LogP contribution in [0.15, 0.2) is 36.7 Å². The molecule has 0 aliphatic rings. The number of aromatic nitrogens is 2. The minimum atomic E-state index is -1.08. The Kier molecular flexibility index (Phi) is 5.25. The molecule has 1 amide bonds. The molecular formula is C15H16N4O5. The molecule has 0 aliphatic carbocycles. The predicted octanol–water partition coefficient (Wildman–Crippen LogP) is 1.72. The molecule has 0 bridgehead atoms. The first-order valence-corrected chi connectivity index (χ1v) is 7.23. The lowest BCUT2D eigenvalue weighted by Crippen LogP contribution is -2.36. The highest BCUT2D eigenvalue weighted by atomic mass is 16.6. The van der Waals surface area contributed by atoms with Gasteiger partial charge in [-0.1, -0.05) is 6.92 Å². The van der Waals surface area contributed by atoms with Gasteiger partial charge in [0, 0.05) is 24.9 Å². The van der Waals surface area contributed by atoms with Crippen LogP contribution in [0.1, 0.15) is 23.7 Å². The Bertz CT molecular complexity index is 753. The first kappa shape index (κ1) is 17.1. The van der Waals surface area contributed by atoms with Crippen molar-refractivity contribution in [2.45, 2.75) is 13.3 Å². The highest BCUT2D eigenvalue weighted by Crippen LogP contribution is 2.15. The summed E-state index contributed by atoms with van der Waals surface area (Å²) in [5.41, 5.74) is 0.765. The second kappa shape index (κ2) is 7.36. The number of carboxylic acids is 1. The zero-order chi connectivity index (χ0) is 17.7. The summed E-state index contributed by atoms with van der Waals surface area (Å²) in [6, 6.07) is 5.71. The highest BCUT2D eigenvalue weighted by molar-refractivity contribution is 5.95. The van der Waals surface area contributed by atoms with Crippen molar-refractivity contribution in [2.75, 3.05) is 13.1 Å². The van der Waals surface area contributed by atoms with Gasteiger partial charge in [0.05, 0.1) is 22.4 Å². The van der Waals surface area contributed by atoms with Crippen LogP contribution < -0.4 is 0 Å². The van der Waals surface area contributed by atoms with Crippen molar-refractivity contribution < 1.29 is 19.6 Å². The quantitative estimate of drug-likeness (QED) is 0.609. The van der Waals surface area contributed by atoms with Crippen LogP contribution in [-0.4, -0.2) is 49.7 Å². The third-order valence-electron chi connectivity index (χ3n) is 3.26. The molecule has 1 heterocycles. The number of non-ortho nitro benzene ring substituents is 1. The van der Waals surface area contributed by atoms with E-state index >= 15 is 0 Å². The average molecular weight is 332 g/mol. The Labute approximate surface area is 137 Å². The van der Waals surface area contributed by atoms with Crippen LogP contribution in [0.25, 0.3) is 5.69 Å². The van der Waals surface area contributed by atoms with E-state index < -0.39 is 16.8 Å². The molecule has 126 valence electrons. The minimum absolute atomic E-state index is 0.0437. The van der Waals surface area contributed by atoms with E-state index in [1.54, 1.807) is 0 Å². The van der Waals surface area contributed by atoms with Crippen LogP contribution >= 0.6 is 0 Å². The molecule has 0 aliphatic heterocycles. The third-order valence-corrected chi connectivity index (χ3v) is 3.26. The Morgan fingerprint density at radius 2 is 2.00 bits per heavy atom. The van der Waals surface area contributed by atoms with Crippen LogP contribution in [-0.2, 0) is 4.79 Å². The van der Waals surface area contributed by atoms with Gasteiger partial charge in [-0.15, -0.1) is 0 Å². The summed E-state index contributed by atoms with van der Waals surface area (Å²) in [5, 5.41) is 23.6. The van der Waals surface area contributed by atoms with Crippen molar-refractivity contribution in [2.24, 2.45) is 0 Å². The van der Waals surface area contributed by atoms with Crippen molar-refractivity contribution in [3.05, 3.63) is 52.3 Å². The molecule has 0 saturated carbocycles. The maximum atomic E-state index is 12.4. The number of carboxylic acid groups (broad SMARTS) is 1. The fraction of sp³-hybridized carbons (Fsp3) is 0.267. The summed E-state index contributed by atoms with van der Waals surface area (Å²) in [7, 11) is 0. The molecule has 9 nitrogen and oxygen atoms in total. The van der Waals surface area contributed by atoms with E-state index in [1.165, 1.54) is 46.2 Å². The maximum Gasteiger partial charge on any atom is 0.323 e. The smallest absolute Gasteiger partial charge is 0.323 e. The van der Waals surface area contributed by atoms with E-state index in [9.17, 15) is 19.7 Å². The van der Waals surface area contributed by atoms with Gasteiger partial charge in [-0.25, -0.2) is 4.68 Å². The third kappa shape index (κ3) is 3.94. The monoisotopic (exact) mass is 332 g/mol. The summed E-state index contributed by atoms with van der Waals surface area (Å²) >= 11 is 0. The summed E-state index contributed by atoms with van der Waals surface area (Å²) in [4.78, 5) is 34.6. The maximum absolute atomic E-state index is 12.4. The molecule has 1 aromatic heterocycles. The average Bonchev–Trinajstić information content (AvgIpc) is 3.03. The van der Waals surface area contributed by atoms with E-state index in [-0.39, 0.29) is 17.8 Å². The van der Waals surface area contributed by atoms with Crippen LogP contribution in [0.5, 0.6) is 0 Å². The van der Waals surface area contributed by atoms with E-state index in [0.717, 1.165) is 0 Å². The van der Waals surface area contributed by atoms with Crippen molar-refractivity contribution in [1.82, 2.24) is 14.7 Å². The van der Waals surface area contributed by atoms with Crippen molar-refractivity contribution in [3.63, 3.8) is 0 Å². The second-order valence-electron chi connectivity index (χ2n) is 5.07. The molecule has 9 heteroatoms. The largest absolute Gasteiger partial charge is 0.480 e. The summed E-state index contributed by atoms with van der Waals surface area (Å²) in [6.45, 7) is 1.80. The molecular weight excluding hydrogens is 316 g/mol. The lowest BCUT2D eigenvalue weighted by Gasteiger charge is -2.18. The standard InChI is InChI=1S/C15H16N4O5/c1-2-7-17(10-14(20)21)15(22)11-8-16-18(9-11)12-3-5-13(6-4-12)19(23)24/h3-6,8-9H,2,7,10H2,1H3,(H,20,21). The lowest BCUT2D eigenvalue weighted by molar-refractivity contribution is -0.384. The van der Waals surface area contributed by atoms with Crippen molar-refractivity contribution in [1.29, 1.82) is 0 Å². The summed E-state index contributed by atoms with van der Waals surface area (Å²) in [5.74, 6) is -1.51. The van der Waals surface area contributed by atoms with E-state index in [4.69, 9.17) is 5.11 Å². The SMILES string of the molecule is CCCN(CC(=O)O)C(=O)c1cnn(-c2ccc([N+](=O)[O-])cc2)c1. The second-order valence-corrected chi connectivity index (χ2v) is 5.07. The highest BCUT2D eigenvalue weighted by Gasteiger charge is 2.19. The van der Waals surface area contributed by atoms with Gasteiger partial charge in [0.25, 0.3) is 11.6 Å². The van der Waals surface area contributed by atoms with E-state index in [0.29, 0.717) is 18.7 Å². The molecule has 1 aromatic carbocycles. The Morgan fingerprint density at radius 1 is 1.33 bits per heavy atom. The van der Waals surface area contributed by atoms with E-state index in [1.807, 2.05) is 6.92 Å². The number of amides is 1. The van der Waals surface area contributed by atoms with Gasteiger partial charge in [0.2, 0.25) is 0 Å². The molecule has 0 unspecified atom stereocenters. The van der Waals surface area contributed by atoms with Gasteiger partial charge in [0.15, 0.2) is 0 Å². The topological polar surface area (TPSA) is 119 Å². The van der Waals surface area contributed by atoms with Gasteiger partial charge in [-0.05, 0) is 18.6 Å². The molecule has 1 N–H and O–H groups in total. The Balaban J connectivity index is 2.20. The van der Waals surface area contributed by atoms with Crippen LogP contribution in [0, 0.1) is 10.1 Å². The molecule has 2 rings (SSSR count). The number of nitrogens with zero attached hydrogens (tertiary/aromatic N) is 4. The number of hydrogen-bond donors (Lipinski definition) is 1. The number of hydrogen-bond acceptors (Lipinski definition) is 5. The number of carbonyl (C=O) groups is 2. The molecule has 0 saturated heterocycles. The van der Waals surface area contributed by atoms with Crippen LogP contribution in [0.4, 0.5) is 5.69 Å². The fourth-order valence-corrected chi connectivity index (χ4v) is 2.17. The number of benzene rings is 1. The number of rotatable bonds is 7. The molecule has 0 radical (unpaired) electrons. The molecule has 0 fully saturated rings. The molecule has 2 aromatic rings. The normalized spacial score (nSPS) is 10.4. The van der Waals surface area contributed by atoms with Gasteiger partial charge < -0.3 is 10.0 Å². The molecule has 24 heavy (non-hydrogen) atoms. The van der Waals surface area contributed by atoms with Gasteiger partial charge in [-0.3, -0.25) is 19.7 Å². The molecule has 0 atom stereocenters. The zero-order valence-corrected chi connectivity index (χ0v) is 13.0. The van der Waals surface area contributed by atoms with E-state index in [2.05, 4.69) is 5.10 Å². The fourth-order valence-electron chi connectivity index (χ4n) is 2.17. The van der Waals surface area contributed by atoms with Crippen molar-refractivity contribution >= 4 is 17.6 Å².